The second kappa shape index (κ2) is 6.33. The van der Waals surface area contributed by atoms with Crippen molar-refractivity contribution in [1.82, 2.24) is 0 Å². The van der Waals surface area contributed by atoms with Crippen molar-refractivity contribution < 1.29 is 21.6 Å². The molecule has 0 amide bonds. The van der Waals surface area contributed by atoms with Crippen LogP contribution in [0, 0.1) is 11.3 Å². The Hall–Kier alpha value is -1.46. The van der Waals surface area contributed by atoms with E-state index in [1.807, 2.05) is 0 Å². The minimum atomic E-state index is -4.60. The molecule has 0 spiro atoms. The van der Waals surface area contributed by atoms with Gasteiger partial charge < -0.3 is 0 Å². The summed E-state index contributed by atoms with van der Waals surface area (Å²) in [7, 11) is -3.74. The molecule has 9 heteroatoms. The van der Waals surface area contributed by atoms with E-state index >= 15 is 0 Å². The fourth-order valence-electron chi connectivity index (χ4n) is 1.37. The highest BCUT2D eigenvalue weighted by atomic mass is 35.5. The van der Waals surface area contributed by atoms with Gasteiger partial charge >= 0.3 is 6.18 Å². The van der Waals surface area contributed by atoms with Crippen LogP contribution in [0.5, 0.6) is 0 Å². The Labute approximate surface area is 119 Å². The summed E-state index contributed by atoms with van der Waals surface area (Å²) >= 11 is 5.37. The number of hydrogen-bond acceptors (Lipinski definition) is 3. The van der Waals surface area contributed by atoms with Crippen LogP contribution in [-0.4, -0.2) is 20.1 Å². The second-order valence-electron chi connectivity index (χ2n) is 3.83. The highest BCUT2D eigenvalue weighted by Crippen LogP contribution is 2.31. The molecule has 110 valence electrons. The van der Waals surface area contributed by atoms with Crippen molar-refractivity contribution >= 4 is 27.3 Å². The highest BCUT2D eigenvalue weighted by Gasteiger charge is 2.31. The van der Waals surface area contributed by atoms with E-state index in [0.29, 0.717) is 12.1 Å². The molecule has 0 saturated carbocycles. The SMILES string of the molecule is N#Cc1cc(C(F)(F)F)ccc1NS(=O)(=O)CCCCl. The van der Waals surface area contributed by atoms with Gasteiger partial charge in [0.05, 0.1) is 22.6 Å². The molecular formula is C11H10ClF3N2O2S. The maximum Gasteiger partial charge on any atom is 0.416 e. The van der Waals surface area contributed by atoms with Crippen molar-refractivity contribution in [2.24, 2.45) is 0 Å². The number of anilines is 1. The lowest BCUT2D eigenvalue weighted by Crippen LogP contribution is -2.18. The zero-order valence-corrected chi connectivity index (χ0v) is 11.6. The first-order chi connectivity index (χ1) is 9.19. The predicted molar refractivity (Wildman–Crippen MR) is 68.9 cm³/mol. The summed E-state index contributed by atoms with van der Waals surface area (Å²) in [6.45, 7) is 0. The lowest BCUT2D eigenvalue weighted by molar-refractivity contribution is -0.137. The van der Waals surface area contributed by atoms with Gasteiger partial charge in [0.15, 0.2) is 0 Å². The quantitative estimate of drug-likeness (QED) is 0.846. The second-order valence-corrected chi connectivity index (χ2v) is 6.05. The van der Waals surface area contributed by atoms with Crippen LogP contribution in [-0.2, 0) is 16.2 Å². The van der Waals surface area contributed by atoms with Crippen LogP contribution in [0.15, 0.2) is 18.2 Å². The molecule has 1 aromatic carbocycles. The number of halogens is 4. The minimum Gasteiger partial charge on any atom is -0.282 e. The first-order valence-corrected chi connectivity index (χ1v) is 7.56. The first-order valence-electron chi connectivity index (χ1n) is 5.37. The van der Waals surface area contributed by atoms with Gasteiger partial charge in [-0.1, -0.05) is 0 Å². The van der Waals surface area contributed by atoms with Crippen LogP contribution < -0.4 is 4.72 Å². The zero-order chi connectivity index (χ0) is 15.4. The van der Waals surface area contributed by atoms with Gasteiger partial charge in [-0.2, -0.15) is 18.4 Å². The van der Waals surface area contributed by atoms with Gasteiger partial charge in [0.1, 0.15) is 6.07 Å². The molecule has 0 saturated heterocycles. The Morgan fingerprint density at radius 2 is 2.00 bits per heavy atom. The number of rotatable bonds is 5. The maximum absolute atomic E-state index is 12.5. The molecule has 0 aliphatic carbocycles. The molecule has 20 heavy (non-hydrogen) atoms. The normalized spacial score (nSPS) is 11.9. The molecule has 0 aromatic heterocycles. The summed E-state index contributed by atoms with van der Waals surface area (Å²) in [5.41, 5.74) is -1.60. The number of hydrogen-bond donors (Lipinski definition) is 1. The molecule has 0 fully saturated rings. The smallest absolute Gasteiger partial charge is 0.282 e. The van der Waals surface area contributed by atoms with E-state index in [-0.39, 0.29) is 23.7 Å². The van der Waals surface area contributed by atoms with Crippen molar-refractivity contribution in [3.8, 4) is 6.07 Å². The summed E-state index contributed by atoms with van der Waals surface area (Å²) < 4.78 is 62.7. The maximum atomic E-state index is 12.5. The number of sulfonamides is 1. The van der Waals surface area contributed by atoms with Gasteiger partial charge in [-0.25, -0.2) is 8.42 Å². The third kappa shape index (κ3) is 4.58. The number of nitrogens with zero attached hydrogens (tertiary/aromatic N) is 1. The molecule has 0 aliphatic heterocycles. The standard InChI is InChI=1S/C11H10ClF3N2O2S/c12-4-1-5-20(18,19)17-10-3-2-9(11(13,14)15)6-8(10)7-16/h2-3,6,17H,1,4-5H2. The van der Waals surface area contributed by atoms with E-state index in [4.69, 9.17) is 16.9 Å². The third-order valence-electron chi connectivity index (χ3n) is 2.28. The Bertz CT molecular complexity index is 624. The number of alkyl halides is 4. The molecule has 0 aliphatic rings. The summed E-state index contributed by atoms with van der Waals surface area (Å²) in [4.78, 5) is 0. The van der Waals surface area contributed by atoms with E-state index in [2.05, 4.69) is 4.72 Å². The number of benzene rings is 1. The monoisotopic (exact) mass is 326 g/mol. The molecular weight excluding hydrogens is 317 g/mol. The zero-order valence-electron chi connectivity index (χ0n) is 10.0. The topological polar surface area (TPSA) is 70.0 Å². The Morgan fingerprint density at radius 3 is 2.50 bits per heavy atom. The van der Waals surface area contributed by atoms with Gasteiger partial charge in [-0.15, -0.1) is 11.6 Å². The Morgan fingerprint density at radius 1 is 1.35 bits per heavy atom. The molecule has 1 aromatic rings. The van der Waals surface area contributed by atoms with Crippen LogP contribution in [0.1, 0.15) is 17.5 Å². The van der Waals surface area contributed by atoms with Crippen molar-refractivity contribution in [1.29, 1.82) is 5.26 Å². The van der Waals surface area contributed by atoms with Gasteiger partial charge in [-0.3, -0.25) is 4.72 Å². The van der Waals surface area contributed by atoms with E-state index < -0.39 is 27.3 Å². The molecule has 0 heterocycles. The van der Waals surface area contributed by atoms with Crippen molar-refractivity contribution in [3.05, 3.63) is 29.3 Å². The van der Waals surface area contributed by atoms with Crippen LogP contribution in [0.2, 0.25) is 0 Å². The van der Waals surface area contributed by atoms with Crippen molar-refractivity contribution in [3.63, 3.8) is 0 Å². The van der Waals surface area contributed by atoms with Gasteiger partial charge in [0, 0.05) is 5.88 Å². The largest absolute Gasteiger partial charge is 0.416 e. The van der Waals surface area contributed by atoms with E-state index in [1.54, 1.807) is 0 Å². The summed E-state index contributed by atoms with van der Waals surface area (Å²) in [6, 6.07) is 3.76. The van der Waals surface area contributed by atoms with Gasteiger partial charge in [0.2, 0.25) is 10.0 Å². The molecule has 1 rings (SSSR count). The molecule has 0 bridgehead atoms. The first kappa shape index (κ1) is 16.6. The van der Waals surface area contributed by atoms with E-state index in [0.717, 1.165) is 6.07 Å². The lowest BCUT2D eigenvalue weighted by atomic mass is 10.1. The van der Waals surface area contributed by atoms with Crippen LogP contribution >= 0.6 is 11.6 Å². The average molecular weight is 327 g/mol. The lowest BCUT2D eigenvalue weighted by Gasteiger charge is -2.11. The highest BCUT2D eigenvalue weighted by molar-refractivity contribution is 7.92. The fourth-order valence-corrected chi connectivity index (χ4v) is 2.80. The summed E-state index contributed by atoms with van der Waals surface area (Å²) in [5.74, 6) is -0.137. The molecule has 0 atom stereocenters. The summed E-state index contributed by atoms with van der Waals surface area (Å²) in [6.07, 6.45) is -4.40. The molecule has 1 N–H and O–H groups in total. The average Bonchev–Trinajstić information content (AvgIpc) is 2.35. The Balaban J connectivity index is 3.07. The van der Waals surface area contributed by atoms with Crippen molar-refractivity contribution in [2.75, 3.05) is 16.4 Å². The molecule has 4 nitrogen and oxygen atoms in total. The minimum absolute atomic E-state index is 0.138. The molecule has 0 radical (unpaired) electrons. The van der Waals surface area contributed by atoms with Gasteiger partial charge in [-0.05, 0) is 24.6 Å². The number of nitrogens with one attached hydrogen (secondary N) is 1. The third-order valence-corrected chi connectivity index (χ3v) is 3.90. The fraction of sp³-hybridized carbons (Fsp3) is 0.364. The van der Waals surface area contributed by atoms with Crippen LogP contribution in [0.25, 0.3) is 0 Å². The van der Waals surface area contributed by atoms with Crippen LogP contribution in [0.3, 0.4) is 0 Å². The van der Waals surface area contributed by atoms with E-state index in [1.165, 1.54) is 6.07 Å². The van der Waals surface area contributed by atoms with Gasteiger partial charge in [0.25, 0.3) is 0 Å². The Kier molecular flexibility index (Phi) is 5.25. The predicted octanol–water partition coefficient (Wildman–Crippen LogP) is 2.95. The number of nitriles is 1. The van der Waals surface area contributed by atoms with Crippen LogP contribution in [0.4, 0.5) is 18.9 Å². The summed E-state index contributed by atoms with van der Waals surface area (Å²) in [5, 5.41) is 8.81. The molecule has 0 unspecified atom stereocenters. The van der Waals surface area contributed by atoms with Crippen molar-refractivity contribution in [2.45, 2.75) is 12.6 Å². The van der Waals surface area contributed by atoms with E-state index in [9.17, 15) is 21.6 Å².